The van der Waals surface area contributed by atoms with Crippen molar-refractivity contribution in [2.75, 3.05) is 20.6 Å². The Morgan fingerprint density at radius 2 is 2.18 bits per heavy atom. The fourth-order valence-electron chi connectivity index (χ4n) is 0.647. The molecule has 0 heterocycles. The molecule has 1 unspecified atom stereocenters. The van der Waals surface area contributed by atoms with Crippen LogP contribution in [0.1, 0.15) is 6.42 Å². The molecule has 4 nitrogen and oxygen atoms in total. The minimum absolute atomic E-state index is 0.381. The van der Waals surface area contributed by atoms with Gasteiger partial charge in [-0.25, -0.2) is 0 Å². The lowest BCUT2D eigenvalue weighted by Gasteiger charge is -2.10. The van der Waals surface area contributed by atoms with E-state index >= 15 is 0 Å². The van der Waals surface area contributed by atoms with Crippen molar-refractivity contribution in [3.8, 4) is 0 Å². The van der Waals surface area contributed by atoms with Crippen LogP contribution in [0, 0.1) is 5.92 Å². The molecule has 0 bridgehead atoms. The van der Waals surface area contributed by atoms with Gasteiger partial charge in [-0.3, -0.25) is 4.79 Å². The highest BCUT2D eigenvalue weighted by molar-refractivity contribution is 5.86. The SMILES string of the molecule is CN(C)CCC(C=O)C(=O)O. The second-order valence-electron chi connectivity index (χ2n) is 2.67. The number of hydrogen-bond donors (Lipinski definition) is 1. The summed E-state index contributed by atoms with van der Waals surface area (Å²) in [6.07, 6.45) is 0.859. The van der Waals surface area contributed by atoms with Crippen LogP contribution in [0.3, 0.4) is 0 Å². The van der Waals surface area contributed by atoms with E-state index in [0.29, 0.717) is 19.3 Å². The van der Waals surface area contributed by atoms with Gasteiger partial charge in [0.15, 0.2) is 0 Å². The Kier molecular flexibility index (Phi) is 4.45. The standard InChI is InChI=1S/C7H13NO3/c1-8(2)4-3-6(5-9)7(10)11/h5-6H,3-4H2,1-2H3,(H,10,11). The summed E-state index contributed by atoms with van der Waals surface area (Å²) in [5.41, 5.74) is 0. The van der Waals surface area contributed by atoms with Crippen molar-refractivity contribution < 1.29 is 14.7 Å². The molecule has 4 heteroatoms. The normalized spacial score (nSPS) is 13.0. The Morgan fingerprint density at radius 3 is 2.45 bits per heavy atom. The number of hydrogen-bond acceptors (Lipinski definition) is 3. The predicted octanol–water partition coefficient (Wildman–Crippen LogP) is -0.162. The van der Waals surface area contributed by atoms with Gasteiger partial charge in [-0.05, 0) is 27.1 Å². The van der Waals surface area contributed by atoms with Gasteiger partial charge in [-0.1, -0.05) is 0 Å². The predicted molar refractivity (Wildman–Crippen MR) is 40.4 cm³/mol. The lowest BCUT2D eigenvalue weighted by molar-refractivity contribution is -0.143. The zero-order valence-corrected chi connectivity index (χ0v) is 6.78. The molecule has 0 saturated heterocycles. The molecule has 64 valence electrons. The number of rotatable bonds is 5. The van der Waals surface area contributed by atoms with Gasteiger partial charge in [-0.15, -0.1) is 0 Å². The van der Waals surface area contributed by atoms with Crippen LogP contribution in [-0.2, 0) is 9.59 Å². The molecule has 0 aliphatic rings. The summed E-state index contributed by atoms with van der Waals surface area (Å²) in [6.45, 7) is 0.621. The van der Waals surface area contributed by atoms with Gasteiger partial charge >= 0.3 is 5.97 Å². The van der Waals surface area contributed by atoms with E-state index in [-0.39, 0.29) is 0 Å². The van der Waals surface area contributed by atoms with Crippen LogP contribution in [-0.4, -0.2) is 42.9 Å². The fraction of sp³-hybridized carbons (Fsp3) is 0.714. The van der Waals surface area contributed by atoms with Gasteiger partial charge in [0.2, 0.25) is 0 Å². The number of carboxylic acids is 1. The second kappa shape index (κ2) is 4.85. The summed E-state index contributed by atoms with van der Waals surface area (Å²) in [5, 5.41) is 8.44. The number of nitrogens with zero attached hydrogens (tertiary/aromatic N) is 1. The minimum atomic E-state index is -1.04. The first kappa shape index (κ1) is 10.1. The van der Waals surface area contributed by atoms with Crippen molar-refractivity contribution in [3.05, 3.63) is 0 Å². The third-order valence-electron chi connectivity index (χ3n) is 1.37. The van der Waals surface area contributed by atoms with E-state index in [1.807, 2.05) is 19.0 Å². The first-order chi connectivity index (χ1) is 5.07. The van der Waals surface area contributed by atoms with E-state index in [0.717, 1.165) is 0 Å². The third kappa shape index (κ3) is 4.50. The summed E-state index contributed by atoms with van der Waals surface area (Å²) < 4.78 is 0. The smallest absolute Gasteiger partial charge is 0.313 e. The molecule has 0 aromatic carbocycles. The largest absolute Gasteiger partial charge is 0.481 e. The molecule has 0 aliphatic heterocycles. The zero-order valence-electron chi connectivity index (χ0n) is 6.78. The molecular formula is C7H13NO3. The molecule has 1 N–H and O–H groups in total. The van der Waals surface area contributed by atoms with Crippen molar-refractivity contribution in [1.82, 2.24) is 4.90 Å². The van der Waals surface area contributed by atoms with Crippen LogP contribution >= 0.6 is 0 Å². The summed E-state index contributed by atoms with van der Waals surface area (Å²) in [5.74, 6) is -1.89. The van der Waals surface area contributed by atoms with Gasteiger partial charge in [0.1, 0.15) is 12.2 Å². The molecule has 0 saturated carbocycles. The first-order valence-electron chi connectivity index (χ1n) is 3.40. The highest BCUT2D eigenvalue weighted by Crippen LogP contribution is 1.99. The zero-order chi connectivity index (χ0) is 8.85. The summed E-state index contributed by atoms with van der Waals surface area (Å²) in [7, 11) is 3.67. The molecule has 0 radical (unpaired) electrons. The molecule has 11 heavy (non-hydrogen) atoms. The van der Waals surface area contributed by atoms with Gasteiger partial charge in [0, 0.05) is 0 Å². The minimum Gasteiger partial charge on any atom is -0.481 e. The highest BCUT2D eigenvalue weighted by Gasteiger charge is 2.15. The second-order valence-corrected chi connectivity index (χ2v) is 2.67. The van der Waals surface area contributed by atoms with Crippen LogP contribution in [0.2, 0.25) is 0 Å². The summed E-state index contributed by atoms with van der Waals surface area (Å²) in [4.78, 5) is 22.3. The molecular weight excluding hydrogens is 146 g/mol. The average Bonchev–Trinajstić information content (AvgIpc) is 1.87. The Morgan fingerprint density at radius 1 is 1.64 bits per heavy atom. The van der Waals surface area contributed by atoms with Gasteiger partial charge < -0.3 is 14.8 Å². The van der Waals surface area contributed by atoms with Crippen molar-refractivity contribution in [2.24, 2.45) is 5.92 Å². The maximum absolute atomic E-state index is 10.3. The fourth-order valence-corrected chi connectivity index (χ4v) is 0.647. The van der Waals surface area contributed by atoms with Crippen molar-refractivity contribution in [3.63, 3.8) is 0 Å². The lowest BCUT2D eigenvalue weighted by Crippen LogP contribution is -2.22. The van der Waals surface area contributed by atoms with Crippen molar-refractivity contribution in [2.45, 2.75) is 6.42 Å². The van der Waals surface area contributed by atoms with Crippen LogP contribution < -0.4 is 0 Å². The lowest BCUT2D eigenvalue weighted by atomic mass is 10.1. The number of carboxylic acid groups (broad SMARTS) is 1. The monoisotopic (exact) mass is 159 g/mol. The van der Waals surface area contributed by atoms with E-state index in [9.17, 15) is 9.59 Å². The third-order valence-corrected chi connectivity index (χ3v) is 1.37. The van der Waals surface area contributed by atoms with Crippen LogP contribution in [0.4, 0.5) is 0 Å². The van der Waals surface area contributed by atoms with Crippen LogP contribution in [0.5, 0.6) is 0 Å². The molecule has 0 rings (SSSR count). The van der Waals surface area contributed by atoms with E-state index in [1.54, 1.807) is 0 Å². The number of carbonyl (C=O) groups is 2. The average molecular weight is 159 g/mol. The molecule has 0 amide bonds. The maximum atomic E-state index is 10.3. The highest BCUT2D eigenvalue weighted by atomic mass is 16.4. The molecule has 0 aliphatic carbocycles. The quantitative estimate of drug-likeness (QED) is 0.447. The Balaban J connectivity index is 3.70. The summed E-state index contributed by atoms with van der Waals surface area (Å²) >= 11 is 0. The number of aliphatic carboxylic acids is 1. The maximum Gasteiger partial charge on any atom is 0.313 e. The van der Waals surface area contributed by atoms with E-state index in [2.05, 4.69) is 0 Å². The molecule has 0 aromatic rings. The Labute approximate surface area is 65.8 Å². The van der Waals surface area contributed by atoms with Crippen molar-refractivity contribution in [1.29, 1.82) is 0 Å². The van der Waals surface area contributed by atoms with Crippen LogP contribution in [0.25, 0.3) is 0 Å². The molecule has 1 atom stereocenters. The van der Waals surface area contributed by atoms with E-state index < -0.39 is 11.9 Å². The van der Waals surface area contributed by atoms with Gasteiger partial charge in [0.05, 0.1) is 0 Å². The van der Waals surface area contributed by atoms with E-state index in [4.69, 9.17) is 5.11 Å². The number of carbonyl (C=O) groups excluding carboxylic acids is 1. The Hall–Kier alpha value is -0.900. The van der Waals surface area contributed by atoms with Crippen LogP contribution in [0.15, 0.2) is 0 Å². The number of aldehydes is 1. The molecule has 0 fully saturated rings. The topological polar surface area (TPSA) is 57.6 Å². The Bertz CT molecular complexity index is 145. The first-order valence-corrected chi connectivity index (χ1v) is 3.40. The van der Waals surface area contributed by atoms with Crippen molar-refractivity contribution >= 4 is 12.3 Å². The summed E-state index contributed by atoms with van der Waals surface area (Å²) in [6, 6.07) is 0. The van der Waals surface area contributed by atoms with Gasteiger partial charge in [0.25, 0.3) is 0 Å². The molecule has 0 spiro atoms. The molecule has 0 aromatic heterocycles. The van der Waals surface area contributed by atoms with E-state index in [1.165, 1.54) is 0 Å². The van der Waals surface area contributed by atoms with Gasteiger partial charge in [-0.2, -0.15) is 0 Å².